The van der Waals surface area contributed by atoms with E-state index < -0.39 is 5.97 Å². The zero-order chi connectivity index (χ0) is 18.0. The molecule has 0 aromatic carbocycles. The first-order valence-corrected chi connectivity index (χ1v) is 8.54. The summed E-state index contributed by atoms with van der Waals surface area (Å²) in [5.74, 6) is 1.08. The van der Waals surface area contributed by atoms with E-state index in [4.69, 9.17) is 4.74 Å². The summed E-state index contributed by atoms with van der Waals surface area (Å²) < 4.78 is 5.63. The maximum absolute atomic E-state index is 12.3. The molecule has 0 bridgehead atoms. The van der Waals surface area contributed by atoms with E-state index in [0.29, 0.717) is 25.1 Å². The van der Waals surface area contributed by atoms with Gasteiger partial charge in [0, 0.05) is 38.2 Å². The second-order valence-corrected chi connectivity index (χ2v) is 6.49. The molecular weight excluding hydrogens is 322 g/mol. The highest BCUT2D eigenvalue weighted by atomic mass is 16.5. The van der Waals surface area contributed by atoms with Crippen LogP contribution in [0, 0.1) is 13.8 Å². The van der Waals surface area contributed by atoms with Gasteiger partial charge in [-0.25, -0.2) is 19.8 Å². The zero-order valence-electron chi connectivity index (χ0n) is 14.9. The number of aryl methyl sites for hydroxylation is 2. The fourth-order valence-electron chi connectivity index (χ4n) is 3.14. The van der Waals surface area contributed by atoms with Crippen molar-refractivity contribution in [3.8, 4) is 0 Å². The van der Waals surface area contributed by atoms with E-state index in [1.165, 1.54) is 5.01 Å². The topological polar surface area (TPSA) is 88.0 Å². The van der Waals surface area contributed by atoms with Crippen LogP contribution in [0.1, 0.15) is 37.2 Å². The van der Waals surface area contributed by atoms with E-state index in [9.17, 15) is 9.59 Å². The van der Waals surface area contributed by atoms with Crippen molar-refractivity contribution in [3.05, 3.63) is 17.6 Å². The van der Waals surface area contributed by atoms with Gasteiger partial charge in [0.15, 0.2) is 0 Å². The summed E-state index contributed by atoms with van der Waals surface area (Å²) in [4.78, 5) is 34.7. The van der Waals surface area contributed by atoms with E-state index in [2.05, 4.69) is 20.0 Å². The molecule has 1 amide bonds. The van der Waals surface area contributed by atoms with Crippen LogP contribution in [0.5, 0.6) is 0 Å². The van der Waals surface area contributed by atoms with Crippen LogP contribution in [0.15, 0.2) is 11.2 Å². The summed E-state index contributed by atoms with van der Waals surface area (Å²) in [6.07, 6.45) is 2.16. The molecule has 0 N–H and O–H groups in total. The van der Waals surface area contributed by atoms with Crippen LogP contribution < -0.4 is 4.90 Å². The number of ether oxygens (including phenoxy) is 1. The Hall–Kier alpha value is -2.51. The first-order valence-electron chi connectivity index (χ1n) is 8.54. The van der Waals surface area contributed by atoms with Crippen molar-refractivity contribution in [1.29, 1.82) is 0 Å². The van der Waals surface area contributed by atoms with Crippen molar-refractivity contribution in [2.24, 2.45) is 5.10 Å². The van der Waals surface area contributed by atoms with Gasteiger partial charge in [-0.3, -0.25) is 4.79 Å². The van der Waals surface area contributed by atoms with Gasteiger partial charge in [0.25, 0.3) is 0 Å². The van der Waals surface area contributed by atoms with Crippen molar-refractivity contribution >= 4 is 23.4 Å². The van der Waals surface area contributed by atoms with Crippen molar-refractivity contribution in [1.82, 2.24) is 15.0 Å². The molecule has 0 radical (unpaired) electrons. The van der Waals surface area contributed by atoms with Gasteiger partial charge in [-0.05, 0) is 26.7 Å². The van der Waals surface area contributed by atoms with E-state index >= 15 is 0 Å². The Kier molecular flexibility index (Phi) is 4.96. The highest BCUT2D eigenvalue weighted by molar-refractivity contribution is 6.37. The standard InChI is InChI=1S/C17H23N5O3/c1-11-9-15(19-12(2)18-11)22-8-4-5-13(10-22)25-17(24)14-6-7-16(23)21(3)20-14/h9,13H,4-8,10H2,1-3H3/t13-/m1/s1. The van der Waals surface area contributed by atoms with Crippen LogP contribution in [0.25, 0.3) is 0 Å². The number of amides is 1. The van der Waals surface area contributed by atoms with Crippen molar-refractivity contribution in [3.63, 3.8) is 0 Å². The Labute approximate surface area is 146 Å². The number of hydrogen-bond acceptors (Lipinski definition) is 7. The molecule has 0 spiro atoms. The van der Waals surface area contributed by atoms with E-state index in [1.807, 2.05) is 19.9 Å². The summed E-state index contributed by atoms with van der Waals surface area (Å²) in [6, 6.07) is 1.95. The van der Waals surface area contributed by atoms with Gasteiger partial charge in [-0.1, -0.05) is 0 Å². The summed E-state index contributed by atoms with van der Waals surface area (Å²) >= 11 is 0. The SMILES string of the molecule is Cc1cc(N2CCC[C@@H](OC(=O)C3=NN(C)C(=O)CC3)C2)nc(C)n1. The Morgan fingerprint density at radius 1 is 1.28 bits per heavy atom. The molecule has 3 heterocycles. The molecule has 0 saturated carbocycles. The molecule has 2 aliphatic heterocycles. The van der Waals surface area contributed by atoms with Crippen LogP contribution in [0.3, 0.4) is 0 Å². The average molecular weight is 345 g/mol. The van der Waals surface area contributed by atoms with Gasteiger partial charge in [0.1, 0.15) is 23.5 Å². The van der Waals surface area contributed by atoms with Crippen LogP contribution >= 0.6 is 0 Å². The number of hydrogen-bond donors (Lipinski definition) is 0. The minimum absolute atomic E-state index is 0.0881. The molecule has 1 atom stereocenters. The summed E-state index contributed by atoms with van der Waals surface area (Å²) in [5, 5.41) is 5.23. The first kappa shape index (κ1) is 17.3. The molecule has 3 rings (SSSR count). The molecular formula is C17H23N5O3. The Morgan fingerprint density at radius 3 is 2.80 bits per heavy atom. The average Bonchev–Trinajstić information content (AvgIpc) is 2.56. The number of hydrazone groups is 1. The molecule has 1 saturated heterocycles. The van der Waals surface area contributed by atoms with Gasteiger partial charge in [-0.15, -0.1) is 0 Å². The monoisotopic (exact) mass is 345 g/mol. The quantitative estimate of drug-likeness (QED) is 0.765. The number of anilines is 1. The predicted octanol–water partition coefficient (Wildman–Crippen LogP) is 1.21. The second-order valence-electron chi connectivity index (χ2n) is 6.49. The lowest BCUT2D eigenvalue weighted by Gasteiger charge is -2.33. The molecule has 8 heteroatoms. The highest BCUT2D eigenvalue weighted by Crippen LogP contribution is 2.21. The Balaban J connectivity index is 1.64. The van der Waals surface area contributed by atoms with Crippen LogP contribution in [0.2, 0.25) is 0 Å². The number of piperidine rings is 1. The maximum atomic E-state index is 12.3. The van der Waals surface area contributed by atoms with Crippen molar-refractivity contribution < 1.29 is 14.3 Å². The number of aromatic nitrogens is 2. The fourth-order valence-corrected chi connectivity index (χ4v) is 3.14. The van der Waals surface area contributed by atoms with Crippen LogP contribution in [0.4, 0.5) is 5.82 Å². The lowest BCUT2D eigenvalue weighted by Crippen LogP contribution is -2.42. The van der Waals surface area contributed by atoms with Gasteiger partial charge in [0.05, 0.1) is 6.54 Å². The molecule has 1 fully saturated rings. The summed E-state index contributed by atoms with van der Waals surface area (Å²) in [5.41, 5.74) is 1.24. The lowest BCUT2D eigenvalue weighted by molar-refractivity contribution is -0.141. The zero-order valence-corrected chi connectivity index (χ0v) is 14.9. The molecule has 2 aliphatic rings. The molecule has 1 aromatic rings. The summed E-state index contributed by atoms with van der Waals surface area (Å²) in [6.45, 7) is 5.29. The van der Waals surface area contributed by atoms with Crippen molar-refractivity contribution in [2.75, 3.05) is 25.0 Å². The third kappa shape index (κ3) is 4.12. The Morgan fingerprint density at radius 2 is 2.08 bits per heavy atom. The normalized spacial score (nSPS) is 21.2. The number of nitrogens with zero attached hydrogens (tertiary/aromatic N) is 5. The fraction of sp³-hybridized carbons (Fsp3) is 0.588. The molecule has 0 unspecified atom stereocenters. The maximum Gasteiger partial charge on any atom is 0.354 e. The Bertz CT molecular complexity index is 698. The van der Waals surface area contributed by atoms with E-state index in [1.54, 1.807) is 7.05 Å². The first-order chi connectivity index (χ1) is 11.9. The van der Waals surface area contributed by atoms with Gasteiger partial charge < -0.3 is 9.64 Å². The van der Waals surface area contributed by atoms with E-state index in [0.717, 1.165) is 36.7 Å². The second kappa shape index (κ2) is 7.16. The van der Waals surface area contributed by atoms with Gasteiger partial charge in [0.2, 0.25) is 5.91 Å². The largest absolute Gasteiger partial charge is 0.456 e. The molecule has 25 heavy (non-hydrogen) atoms. The molecule has 0 aliphatic carbocycles. The third-order valence-electron chi connectivity index (χ3n) is 4.37. The summed E-state index contributed by atoms with van der Waals surface area (Å²) in [7, 11) is 1.55. The number of carbonyl (C=O) groups is 2. The van der Waals surface area contributed by atoms with Crippen LogP contribution in [-0.2, 0) is 14.3 Å². The van der Waals surface area contributed by atoms with Crippen molar-refractivity contribution in [2.45, 2.75) is 45.6 Å². The minimum atomic E-state index is -0.429. The molecule has 8 nitrogen and oxygen atoms in total. The predicted molar refractivity (Wildman–Crippen MR) is 92.3 cm³/mol. The molecule has 134 valence electrons. The number of rotatable bonds is 3. The molecule has 1 aromatic heterocycles. The number of carbonyl (C=O) groups excluding carboxylic acids is 2. The van der Waals surface area contributed by atoms with E-state index in [-0.39, 0.29) is 12.0 Å². The van der Waals surface area contributed by atoms with Gasteiger partial charge in [-0.2, -0.15) is 5.10 Å². The van der Waals surface area contributed by atoms with Crippen LogP contribution in [-0.4, -0.2) is 58.8 Å². The minimum Gasteiger partial charge on any atom is -0.456 e. The third-order valence-corrected chi connectivity index (χ3v) is 4.37. The smallest absolute Gasteiger partial charge is 0.354 e. The number of esters is 1. The van der Waals surface area contributed by atoms with Gasteiger partial charge >= 0.3 is 5.97 Å². The lowest BCUT2D eigenvalue weighted by atomic mass is 10.1. The highest BCUT2D eigenvalue weighted by Gasteiger charge is 2.28.